The van der Waals surface area contributed by atoms with E-state index in [0.29, 0.717) is 6.54 Å². The van der Waals surface area contributed by atoms with Crippen LogP contribution in [0.4, 0.5) is 0 Å². The summed E-state index contributed by atoms with van der Waals surface area (Å²) in [4.78, 5) is 15.2. The van der Waals surface area contributed by atoms with E-state index in [2.05, 4.69) is 29.3 Å². The van der Waals surface area contributed by atoms with E-state index in [1.165, 1.54) is 30.4 Å². The standard InChI is InChI=1S/C25H34N2O3.ClH/c1-18-8-11-23(16-19(18)2)30-20(3)25(28)26-17-24(27-14-6-5-7-15-27)21-9-12-22(29-4)13-10-21;/h8-13,16,20,24H,5-7,14-15,17H2,1-4H3,(H,26,28);1H. The molecular weight excluding hydrogens is 412 g/mol. The molecule has 31 heavy (non-hydrogen) atoms. The third kappa shape index (κ3) is 6.88. The van der Waals surface area contributed by atoms with Gasteiger partial charge in [0, 0.05) is 6.54 Å². The molecule has 0 saturated carbocycles. The summed E-state index contributed by atoms with van der Waals surface area (Å²) >= 11 is 0. The van der Waals surface area contributed by atoms with Gasteiger partial charge in [-0.25, -0.2) is 0 Å². The lowest BCUT2D eigenvalue weighted by molar-refractivity contribution is -0.127. The van der Waals surface area contributed by atoms with Gasteiger partial charge in [-0.15, -0.1) is 12.4 Å². The molecule has 0 aliphatic carbocycles. The minimum absolute atomic E-state index is 0. The Kier molecular flexibility index (Phi) is 9.66. The van der Waals surface area contributed by atoms with Crippen LogP contribution in [0.5, 0.6) is 11.5 Å². The Bertz CT molecular complexity index is 835. The lowest BCUT2D eigenvalue weighted by Gasteiger charge is -2.35. The van der Waals surface area contributed by atoms with Gasteiger partial charge in [0.05, 0.1) is 13.2 Å². The van der Waals surface area contributed by atoms with Crippen LogP contribution >= 0.6 is 12.4 Å². The molecule has 5 nitrogen and oxygen atoms in total. The fourth-order valence-corrected chi connectivity index (χ4v) is 3.90. The van der Waals surface area contributed by atoms with E-state index in [1.54, 1.807) is 14.0 Å². The number of nitrogens with one attached hydrogen (secondary N) is 1. The van der Waals surface area contributed by atoms with Crippen LogP contribution in [-0.2, 0) is 4.79 Å². The van der Waals surface area contributed by atoms with Crippen molar-refractivity contribution in [3.63, 3.8) is 0 Å². The highest BCUT2D eigenvalue weighted by atomic mass is 35.5. The van der Waals surface area contributed by atoms with Crippen molar-refractivity contribution in [3.05, 3.63) is 59.2 Å². The molecular formula is C25H35ClN2O3. The molecule has 0 aromatic heterocycles. The molecule has 1 aliphatic heterocycles. The predicted octanol–water partition coefficient (Wildman–Crippen LogP) is 4.84. The number of benzene rings is 2. The number of ether oxygens (including phenoxy) is 2. The van der Waals surface area contributed by atoms with Gasteiger partial charge in [-0.05, 0) is 87.7 Å². The quantitative estimate of drug-likeness (QED) is 0.630. The zero-order valence-electron chi connectivity index (χ0n) is 19.0. The summed E-state index contributed by atoms with van der Waals surface area (Å²) in [6.07, 6.45) is 3.13. The van der Waals surface area contributed by atoms with Gasteiger partial charge >= 0.3 is 0 Å². The molecule has 1 amide bonds. The molecule has 2 aromatic carbocycles. The smallest absolute Gasteiger partial charge is 0.260 e. The Balaban J connectivity index is 0.00000341. The number of carbonyl (C=O) groups excluding carboxylic acids is 1. The number of halogens is 1. The first-order valence-corrected chi connectivity index (χ1v) is 10.9. The Hall–Kier alpha value is -2.24. The van der Waals surface area contributed by atoms with E-state index >= 15 is 0 Å². The second-order valence-electron chi connectivity index (χ2n) is 8.14. The molecule has 1 fully saturated rings. The number of amides is 1. The first kappa shape index (κ1) is 25.0. The van der Waals surface area contributed by atoms with Gasteiger partial charge in [-0.3, -0.25) is 9.69 Å². The maximum Gasteiger partial charge on any atom is 0.260 e. The molecule has 1 saturated heterocycles. The van der Waals surface area contributed by atoms with Crippen LogP contribution in [0.15, 0.2) is 42.5 Å². The van der Waals surface area contributed by atoms with Crippen molar-refractivity contribution in [2.24, 2.45) is 0 Å². The summed E-state index contributed by atoms with van der Waals surface area (Å²) in [6, 6.07) is 14.2. The number of aryl methyl sites for hydroxylation is 2. The van der Waals surface area contributed by atoms with E-state index in [0.717, 1.165) is 30.2 Å². The lowest BCUT2D eigenvalue weighted by atomic mass is 10.0. The van der Waals surface area contributed by atoms with Crippen molar-refractivity contribution < 1.29 is 14.3 Å². The van der Waals surface area contributed by atoms with Crippen molar-refractivity contribution in [1.29, 1.82) is 0 Å². The highest BCUT2D eigenvalue weighted by molar-refractivity contribution is 5.85. The summed E-state index contributed by atoms with van der Waals surface area (Å²) in [7, 11) is 1.67. The number of piperidine rings is 1. The normalized spacial score (nSPS) is 16.0. The van der Waals surface area contributed by atoms with Gasteiger partial charge in [0.15, 0.2) is 6.10 Å². The highest BCUT2D eigenvalue weighted by Crippen LogP contribution is 2.26. The van der Waals surface area contributed by atoms with Crippen molar-refractivity contribution in [2.45, 2.75) is 52.2 Å². The second kappa shape index (κ2) is 12.0. The SMILES string of the molecule is COc1ccc(C(CNC(=O)C(C)Oc2ccc(C)c(C)c2)N2CCCCC2)cc1.Cl. The highest BCUT2D eigenvalue weighted by Gasteiger charge is 2.24. The summed E-state index contributed by atoms with van der Waals surface area (Å²) in [5.74, 6) is 1.47. The molecule has 1 N–H and O–H groups in total. The molecule has 170 valence electrons. The topological polar surface area (TPSA) is 50.8 Å². The number of methoxy groups -OCH3 is 1. The minimum Gasteiger partial charge on any atom is -0.497 e. The Morgan fingerprint density at radius 2 is 1.65 bits per heavy atom. The van der Waals surface area contributed by atoms with Gasteiger partial charge in [0.25, 0.3) is 5.91 Å². The molecule has 1 aliphatic rings. The van der Waals surface area contributed by atoms with E-state index < -0.39 is 6.10 Å². The van der Waals surface area contributed by atoms with Crippen LogP contribution in [-0.4, -0.2) is 43.7 Å². The van der Waals surface area contributed by atoms with Crippen LogP contribution in [0, 0.1) is 13.8 Å². The first-order chi connectivity index (χ1) is 14.5. The largest absolute Gasteiger partial charge is 0.497 e. The molecule has 0 bridgehead atoms. The maximum atomic E-state index is 12.7. The fraction of sp³-hybridized carbons (Fsp3) is 0.480. The molecule has 3 rings (SSSR count). The van der Waals surface area contributed by atoms with Crippen LogP contribution in [0.1, 0.15) is 48.9 Å². The summed E-state index contributed by atoms with van der Waals surface area (Å²) in [6.45, 7) is 8.59. The Labute approximate surface area is 192 Å². The molecule has 0 spiro atoms. The zero-order chi connectivity index (χ0) is 21.5. The van der Waals surface area contributed by atoms with Gasteiger partial charge in [0.2, 0.25) is 0 Å². The molecule has 0 radical (unpaired) electrons. The van der Waals surface area contributed by atoms with E-state index in [1.807, 2.05) is 37.3 Å². The lowest BCUT2D eigenvalue weighted by Crippen LogP contribution is -2.43. The van der Waals surface area contributed by atoms with Crippen LogP contribution in [0.3, 0.4) is 0 Å². The van der Waals surface area contributed by atoms with E-state index in [-0.39, 0.29) is 24.4 Å². The zero-order valence-corrected chi connectivity index (χ0v) is 19.8. The van der Waals surface area contributed by atoms with E-state index in [4.69, 9.17) is 9.47 Å². The Morgan fingerprint density at radius 3 is 2.26 bits per heavy atom. The fourth-order valence-electron chi connectivity index (χ4n) is 3.90. The average Bonchev–Trinajstić information content (AvgIpc) is 2.77. The predicted molar refractivity (Wildman–Crippen MR) is 127 cm³/mol. The molecule has 6 heteroatoms. The molecule has 2 aromatic rings. The number of hydrogen-bond acceptors (Lipinski definition) is 4. The van der Waals surface area contributed by atoms with Crippen molar-refractivity contribution in [3.8, 4) is 11.5 Å². The summed E-state index contributed by atoms with van der Waals surface area (Å²) in [5, 5.41) is 3.12. The van der Waals surface area contributed by atoms with Gasteiger partial charge in [-0.2, -0.15) is 0 Å². The second-order valence-corrected chi connectivity index (χ2v) is 8.14. The molecule has 2 atom stereocenters. The molecule has 1 heterocycles. The summed E-state index contributed by atoms with van der Waals surface area (Å²) < 4.78 is 11.2. The van der Waals surface area contributed by atoms with E-state index in [9.17, 15) is 4.79 Å². The van der Waals surface area contributed by atoms with Gasteiger partial charge < -0.3 is 14.8 Å². The number of nitrogens with zero attached hydrogens (tertiary/aromatic N) is 1. The number of carbonyl (C=O) groups is 1. The van der Waals surface area contributed by atoms with Gasteiger partial charge in [0.1, 0.15) is 11.5 Å². The van der Waals surface area contributed by atoms with Crippen LogP contribution < -0.4 is 14.8 Å². The van der Waals surface area contributed by atoms with Gasteiger partial charge in [-0.1, -0.05) is 24.6 Å². The average molecular weight is 447 g/mol. The van der Waals surface area contributed by atoms with Crippen molar-refractivity contribution >= 4 is 18.3 Å². The van der Waals surface area contributed by atoms with Crippen molar-refractivity contribution in [1.82, 2.24) is 10.2 Å². The third-order valence-corrected chi connectivity index (χ3v) is 5.96. The molecule has 2 unspecified atom stereocenters. The van der Waals surface area contributed by atoms with Crippen molar-refractivity contribution in [2.75, 3.05) is 26.7 Å². The summed E-state index contributed by atoms with van der Waals surface area (Å²) in [5.41, 5.74) is 3.56. The monoisotopic (exact) mass is 446 g/mol. The van der Waals surface area contributed by atoms with Crippen LogP contribution in [0.25, 0.3) is 0 Å². The minimum atomic E-state index is -0.551. The number of rotatable bonds is 8. The first-order valence-electron chi connectivity index (χ1n) is 10.9. The maximum absolute atomic E-state index is 12.7. The van der Waals surface area contributed by atoms with Crippen LogP contribution in [0.2, 0.25) is 0 Å². The third-order valence-electron chi connectivity index (χ3n) is 5.96. The Morgan fingerprint density at radius 1 is 1.00 bits per heavy atom. The number of hydrogen-bond donors (Lipinski definition) is 1. The number of likely N-dealkylation sites (tertiary alicyclic amines) is 1.